The molecule has 2 heterocycles. The first-order chi connectivity index (χ1) is 7.86. The lowest BCUT2D eigenvalue weighted by Gasteiger charge is -2.15. The molecule has 2 atom stereocenters. The molecular formula is C13H13NO2. The number of aromatic amines is 1. The maximum atomic E-state index is 10.2. The van der Waals surface area contributed by atoms with Crippen molar-refractivity contribution < 1.29 is 9.84 Å². The van der Waals surface area contributed by atoms with Crippen LogP contribution in [0.4, 0.5) is 0 Å². The Balaban J connectivity index is 1.93. The van der Waals surface area contributed by atoms with Crippen LogP contribution in [-0.2, 0) is 0 Å². The Labute approximate surface area is 93.7 Å². The zero-order valence-corrected chi connectivity index (χ0v) is 8.76. The maximum absolute atomic E-state index is 10.2. The normalized spacial score (nSPS) is 20.2. The summed E-state index contributed by atoms with van der Waals surface area (Å²) < 4.78 is 5.56. The molecule has 16 heavy (non-hydrogen) atoms. The molecule has 3 heteroatoms. The minimum absolute atomic E-state index is 0.0230. The average Bonchev–Trinajstić information content (AvgIpc) is 2.98. The fourth-order valence-electron chi connectivity index (χ4n) is 2.19. The molecule has 2 N–H and O–H groups in total. The summed E-state index contributed by atoms with van der Waals surface area (Å²) in [7, 11) is 0. The van der Waals surface area contributed by atoms with E-state index in [0.29, 0.717) is 6.61 Å². The maximum Gasteiger partial charge on any atom is 0.123 e. The van der Waals surface area contributed by atoms with Gasteiger partial charge < -0.3 is 14.8 Å². The molecule has 0 aliphatic carbocycles. The van der Waals surface area contributed by atoms with Crippen molar-refractivity contribution in [1.29, 1.82) is 0 Å². The van der Waals surface area contributed by atoms with Crippen molar-refractivity contribution in [3.05, 3.63) is 53.9 Å². The SMILES string of the molecule is OC(c1ccc[nH]1)C1COc2ccccc21. The van der Waals surface area contributed by atoms with Crippen LogP contribution in [0.2, 0.25) is 0 Å². The quantitative estimate of drug-likeness (QED) is 0.806. The van der Waals surface area contributed by atoms with Crippen LogP contribution < -0.4 is 4.74 Å². The number of para-hydroxylation sites is 1. The van der Waals surface area contributed by atoms with E-state index in [1.165, 1.54) is 0 Å². The summed E-state index contributed by atoms with van der Waals surface area (Å²) in [6.45, 7) is 0.541. The van der Waals surface area contributed by atoms with E-state index >= 15 is 0 Å². The third-order valence-corrected chi connectivity index (χ3v) is 3.06. The highest BCUT2D eigenvalue weighted by Crippen LogP contribution is 2.40. The summed E-state index contributed by atoms with van der Waals surface area (Å²) in [6.07, 6.45) is 1.29. The fourth-order valence-corrected chi connectivity index (χ4v) is 2.19. The number of aromatic nitrogens is 1. The standard InChI is InChI=1S/C13H13NO2/c15-13(11-5-3-7-14-11)10-8-16-12-6-2-1-4-9(10)12/h1-7,10,13-15H,8H2. The minimum Gasteiger partial charge on any atom is -0.493 e. The number of hydrogen-bond donors (Lipinski definition) is 2. The fraction of sp³-hybridized carbons (Fsp3) is 0.231. The molecule has 2 aromatic rings. The highest BCUT2D eigenvalue weighted by molar-refractivity contribution is 5.41. The van der Waals surface area contributed by atoms with Crippen LogP contribution in [0.5, 0.6) is 5.75 Å². The zero-order chi connectivity index (χ0) is 11.0. The topological polar surface area (TPSA) is 45.2 Å². The first kappa shape index (κ1) is 9.48. The van der Waals surface area contributed by atoms with E-state index in [2.05, 4.69) is 4.98 Å². The molecule has 0 amide bonds. The summed E-state index contributed by atoms with van der Waals surface area (Å²) >= 11 is 0. The highest BCUT2D eigenvalue weighted by atomic mass is 16.5. The van der Waals surface area contributed by atoms with Crippen LogP contribution in [0.15, 0.2) is 42.6 Å². The van der Waals surface area contributed by atoms with Gasteiger partial charge in [0, 0.05) is 17.5 Å². The lowest BCUT2D eigenvalue weighted by molar-refractivity contribution is 0.126. The Hall–Kier alpha value is -1.74. The number of hydrogen-bond acceptors (Lipinski definition) is 2. The van der Waals surface area contributed by atoms with Crippen LogP contribution in [0.25, 0.3) is 0 Å². The van der Waals surface area contributed by atoms with Gasteiger partial charge in [-0.2, -0.15) is 0 Å². The van der Waals surface area contributed by atoms with E-state index < -0.39 is 6.10 Å². The van der Waals surface area contributed by atoms with Crippen molar-refractivity contribution in [2.75, 3.05) is 6.61 Å². The molecule has 2 unspecified atom stereocenters. The first-order valence-corrected chi connectivity index (χ1v) is 5.39. The van der Waals surface area contributed by atoms with E-state index in [0.717, 1.165) is 17.0 Å². The second-order valence-corrected chi connectivity index (χ2v) is 4.03. The number of fused-ring (bicyclic) bond motifs is 1. The van der Waals surface area contributed by atoms with Crippen molar-refractivity contribution >= 4 is 0 Å². The second kappa shape index (κ2) is 3.68. The number of rotatable bonds is 2. The largest absolute Gasteiger partial charge is 0.493 e. The molecule has 0 saturated carbocycles. The monoisotopic (exact) mass is 215 g/mol. The summed E-state index contributed by atoms with van der Waals surface area (Å²) in [4.78, 5) is 3.04. The van der Waals surface area contributed by atoms with Crippen molar-refractivity contribution in [2.45, 2.75) is 12.0 Å². The molecule has 0 bridgehead atoms. The number of nitrogens with one attached hydrogen (secondary N) is 1. The lowest BCUT2D eigenvalue weighted by atomic mass is 9.94. The van der Waals surface area contributed by atoms with Crippen molar-refractivity contribution in [3.8, 4) is 5.75 Å². The Morgan fingerprint density at radius 2 is 2.12 bits per heavy atom. The Morgan fingerprint density at radius 1 is 1.25 bits per heavy atom. The third-order valence-electron chi connectivity index (χ3n) is 3.06. The van der Waals surface area contributed by atoms with Gasteiger partial charge in [-0.05, 0) is 18.2 Å². The highest BCUT2D eigenvalue weighted by Gasteiger charge is 2.31. The summed E-state index contributed by atoms with van der Waals surface area (Å²) in [6, 6.07) is 11.7. The molecule has 1 aromatic carbocycles. The van der Waals surface area contributed by atoms with Gasteiger partial charge in [-0.15, -0.1) is 0 Å². The molecule has 1 aromatic heterocycles. The summed E-state index contributed by atoms with van der Waals surface area (Å²) in [5.74, 6) is 0.910. The first-order valence-electron chi connectivity index (χ1n) is 5.39. The van der Waals surface area contributed by atoms with E-state index in [1.807, 2.05) is 42.6 Å². The van der Waals surface area contributed by atoms with Crippen molar-refractivity contribution in [3.63, 3.8) is 0 Å². The van der Waals surface area contributed by atoms with E-state index in [-0.39, 0.29) is 5.92 Å². The molecule has 0 fully saturated rings. The third kappa shape index (κ3) is 1.41. The Morgan fingerprint density at radius 3 is 2.94 bits per heavy atom. The Bertz CT molecular complexity index is 478. The molecule has 0 saturated heterocycles. The average molecular weight is 215 g/mol. The Kier molecular flexibility index (Phi) is 2.18. The molecule has 3 nitrogen and oxygen atoms in total. The summed E-state index contributed by atoms with van der Waals surface area (Å²) in [5.41, 5.74) is 1.93. The van der Waals surface area contributed by atoms with Gasteiger partial charge in [0.05, 0.1) is 12.5 Å². The van der Waals surface area contributed by atoms with Gasteiger partial charge in [0.2, 0.25) is 0 Å². The number of benzene rings is 1. The number of H-pyrrole nitrogens is 1. The van der Waals surface area contributed by atoms with Crippen LogP contribution in [0, 0.1) is 0 Å². The molecule has 1 aliphatic rings. The molecule has 0 radical (unpaired) electrons. The van der Waals surface area contributed by atoms with E-state index in [9.17, 15) is 5.11 Å². The van der Waals surface area contributed by atoms with Crippen LogP contribution in [0.1, 0.15) is 23.3 Å². The molecule has 1 aliphatic heterocycles. The molecule has 3 rings (SSSR count). The number of aliphatic hydroxyl groups excluding tert-OH is 1. The summed E-state index contributed by atoms with van der Waals surface area (Å²) in [5, 5.41) is 10.2. The molecule has 82 valence electrons. The second-order valence-electron chi connectivity index (χ2n) is 4.03. The van der Waals surface area contributed by atoms with Gasteiger partial charge in [-0.1, -0.05) is 18.2 Å². The molecule has 0 spiro atoms. The van der Waals surface area contributed by atoms with Gasteiger partial charge >= 0.3 is 0 Å². The van der Waals surface area contributed by atoms with Crippen molar-refractivity contribution in [1.82, 2.24) is 4.98 Å². The van der Waals surface area contributed by atoms with Crippen molar-refractivity contribution in [2.24, 2.45) is 0 Å². The molecular weight excluding hydrogens is 202 g/mol. The lowest BCUT2D eigenvalue weighted by Crippen LogP contribution is -2.12. The van der Waals surface area contributed by atoms with Gasteiger partial charge in [0.1, 0.15) is 11.9 Å². The van der Waals surface area contributed by atoms with Gasteiger partial charge in [0.15, 0.2) is 0 Å². The van der Waals surface area contributed by atoms with Gasteiger partial charge in [0.25, 0.3) is 0 Å². The minimum atomic E-state index is -0.529. The predicted octanol–water partition coefficient (Wildman–Crippen LogP) is 2.22. The van der Waals surface area contributed by atoms with Crippen LogP contribution in [-0.4, -0.2) is 16.7 Å². The predicted molar refractivity (Wildman–Crippen MR) is 60.4 cm³/mol. The van der Waals surface area contributed by atoms with E-state index in [1.54, 1.807) is 0 Å². The smallest absolute Gasteiger partial charge is 0.123 e. The van der Waals surface area contributed by atoms with Gasteiger partial charge in [-0.3, -0.25) is 0 Å². The number of aliphatic hydroxyl groups is 1. The van der Waals surface area contributed by atoms with Gasteiger partial charge in [-0.25, -0.2) is 0 Å². The zero-order valence-electron chi connectivity index (χ0n) is 8.76. The van der Waals surface area contributed by atoms with Crippen LogP contribution >= 0.6 is 0 Å². The van der Waals surface area contributed by atoms with E-state index in [4.69, 9.17) is 4.74 Å². The van der Waals surface area contributed by atoms with Crippen LogP contribution in [0.3, 0.4) is 0 Å². The number of ether oxygens (including phenoxy) is 1.